The number of benzene rings is 7. The number of hydrogen-bond acceptors (Lipinski definition) is 5. The second-order valence-corrected chi connectivity index (χ2v) is 12.5. The van der Waals surface area contributed by atoms with Crippen molar-refractivity contribution in [1.82, 2.24) is 15.0 Å². The zero-order valence-corrected chi connectivity index (χ0v) is 26.7. The van der Waals surface area contributed by atoms with Crippen LogP contribution in [-0.2, 0) is 0 Å². The van der Waals surface area contributed by atoms with E-state index in [9.17, 15) is 0 Å². The summed E-state index contributed by atoms with van der Waals surface area (Å²) in [6, 6.07) is 55.8. The third-order valence-electron chi connectivity index (χ3n) is 9.32. The van der Waals surface area contributed by atoms with Crippen molar-refractivity contribution in [3.8, 4) is 56.4 Å². The Hall–Kier alpha value is -6.85. The number of hydrogen-bond donors (Lipinski definition) is 0. The third-order valence-corrected chi connectivity index (χ3v) is 9.32. The fraction of sp³-hybridized carbons (Fsp3) is 0. The quantitative estimate of drug-likeness (QED) is 0.187. The normalized spacial score (nSPS) is 11.6. The van der Waals surface area contributed by atoms with Crippen LogP contribution < -0.4 is 0 Å². The molecule has 3 aromatic heterocycles. The molecule has 0 amide bonds. The molecule has 5 nitrogen and oxygen atoms in total. The number of para-hydroxylation sites is 1. The van der Waals surface area contributed by atoms with Gasteiger partial charge in [0.1, 0.15) is 22.3 Å². The van der Waals surface area contributed by atoms with Gasteiger partial charge in [0.25, 0.3) is 0 Å². The van der Waals surface area contributed by atoms with Gasteiger partial charge in [-0.15, -0.1) is 0 Å². The van der Waals surface area contributed by atoms with Crippen molar-refractivity contribution in [2.75, 3.05) is 0 Å². The van der Waals surface area contributed by atoms with Gasteiger partial charge >= 0.3 is 0 Å². The molecule has 3 heterocycles. The molecule has 0 saturated carbocycles. The van der Waals surface area contributed by atoms with Gasteiger partial charge in [0.2, 0.25) is 0 Å². The van der Waals surface area contributed by atoms with Crippen molar-refractivity contribution in [1.29, 1.82) is 0 Å². The van der Waals surface area contributed by atoms with Crippen LogP contribution in [-0.4, -0.2) is 15.0 Å². The van der Waals surface area contributed by atoms with Gasteiger partial charge in [0.15, 0.2) is 17.5 Å². The zero-order chi connectivity index (χ0) is 33.0. The molecule has 0 fully saturated rings. The maximum absolute atomic E-state index is 6.37. The fourth-order valence-corrected chi connectivity index (χ4v) is 6.83. The molecule has 50 heavy (non-hydrogen) atoms. The van der Waals surface area contributed by atoms with Crippen LogP contribution in [0.25, 0.3) is 100 Å². The molecule has 5 heteroatoms. The van der Waals surface area contributed by atoms with E-state index in [1.165, 1.54) is 0 Å². The molecule has 234 valence electrons. The summed E-state index contributed by atoms with van der Waals surface area (Å²) in [7, 11) is 0. The van der Waals surface area contributed by atoms with Crippen molar-refractivity contribution in [3.05, 3.63) is 164 Å². The van der Waals surface area contributed by atoms with E-state index in [-0.39, 0.29) is 0 Å². The van der Waals surface area contributed by atoms with Crippen molar-refractivity contribution < 1.29 is 8.83 Å². The molecule has 0 aliphatic heterocycles. The van der Waals surface area contributed by atoms with E-state index in [1.54, 1.807) is 0 Å². The predicted octanol–water partition coefficient (Wildman–Crippen LogP) is 12.0. The predicted molar refractivity (Wildman–Crippen MR) is 202 cm³/mol. The van der Waals surface area contributed by atoms with E-state index >= 15 is 0 Å². The molecule has 0 bridgehead atoms. The van der Waals surface area contributed by atoms with Crippen LogP contribution in [0.1, 0.15) is 0 Å². The topological polar surface area (TPSA) is 65.0 Å². The highest BCUT2D eigenvalue weighted by molar-refractivity contribution is 6.15. The molecular formula is C45H27N3O2. The summed E-state index contributed by atoms with van der Waals surface area (Å²) >= 11 is 0. The number of aromatic nitrogens is 3. The number of nitrogens with zero attached hydrogens (tertiary/aromatic N) is 3. The first kappa shape index (κ1) is 28.2. The summed E-state index contributed by atoms with van der Waals surface area (Å²) in [6.07, 6.45) is 0. The Balaban J connectivity index is 1.15. The minimum Gasteiger partial charge on any atom is -0.456 e. The molecule has 0 radical (unpaired) electrons. The Kier molecular flexibility index (Phi) is 6.42. The van der Waals surface area contributed by atoms with Gasteiger partial charge in [0.05, 0.1) is 0 Å². The number of fused-ring (bicyclic) bond motifs is 6. The Morgan fingerprint density at radius 1 is 0.260 bits per heavy atom. The highest BCUT2D eigenvalue weighted by Gasteiger charge is 2.17. The van der Waals surface area contributed by atoms with Gasteiger partial charge in [-0.05, 0) is 70.8 Å². The van der Waals surface area contributed by atoms with Crippen LogP contribution in [0.15, 0.2) is 173 Å². The minimum atomic E-state index is 0.585. The molecule has 0 atom stereocenters. The Morgan fingerprint density at radius 2 is 0.680 bits per heavy atom. The summed E-state index contributed by atoms with van der Waals surface area (Å²) < 4.78 is 12.6. The third kappa shape index (κ3) is 4.83. The summed E-state index contributed by atoms with van der Waals surface area (Å²) in [4.78, 5) is 15.3. The number of furan rings is 2. The average molecular weight is 642 g/mol. The highest BCUT2D eigenvalue weighted by atomic mass is 16.3. The van der Waals surface area contributed by atoms with Crippen LogP contribution in [0.5, 0.6) is 0 Å². The first-order chi connectivity index (χ1) is 24.7. The highest BCUT2D eigenvalue weighted by Crippen LogP contribution is 2.38. The molecule has 0 spiro atoms. The minimum absolute atomic E-state index is 0.585. The van der Waals surface area contributed by atoms with Gasteiger partial charge in [-0.25, -0.2) is 15.0 Å². The molecule has 0 saturated heterocycles. The molecule has 7 aromatic carbocycles. The van der Waals surface area contributed by atoms with Crippen LogP contribution >= 0.6 is 0 Å². The van der Waals surface area contributed by atoms with Crippen LogP contribution in [0.3, 0.4) is 0 Å². The lowest BCUT2D eigenvalue weighted by molar-refractivity contribution is 0.664. The van der Waals surface area contributed by atoms with Crippen molar-refractivity contribution in [2.45, 2.75) is 0 Å². The van der Waals surface area contributed by atoms with Crippen LogP contribution in [0.2, 0.25) is 0 Å². The molecule has 0 N–H and O–H groups in total. The Labute approximate surface area is 287 Å². The van der Waals surface area contributed by atoms with Gasteiger partial charge in [0, 0.05) is 38.2 Å². The maximum Gasteiger partial charge on any atom is 0.164 e. The SMILES string of the molecule is c1ccc(-c2cccc(-c3nc(-c4cccc(-c5ccccc5)c4)nc(-c4ccc5oc6cc7c(cc6c5c4)oc4ccccc47)n3)c2)cc1. The Morgan fingerprint density at radius 3 is 1.26 bits per heavy atom. The van der Waals surface area contributed by atoms with Gasteiger partial charge < -0.3 is 8.83 Å². The monoisotopic (exact) mass is 641 g/mol. The van der Waals surface area contributed by atoms with Crippen molar-refractivity contribution in [2.24, 2.45) is 0 Å². The van der Waals surface area contributed by atoms with Gasteiger partial charge in [-0.1, -0.05) is 115 Å². The maximum atomic E-state index is 6.37. The lowest BCUT2D eigenvalue weighted by Gasteiger charge is -2.11. The largest absolute Gasteiger partial charge is 0.456 e. The molecule has 0 aliphatic rings. The second-order valence-electron chi connectivity index (χ2n) is 12.5. The van der Waals surface area contributed by atoms with Gasteiger partial charge in [-0.2, -0.15) is 0 Å². The van der Waals surface area contributed by atoms with E-state index in [2.05, 4.69) is 121 Å². The first-order valence-electron chi connectivity index (χ1n) is 16.6. The summed E-state index contributed by atoms with van der Waals surface area (Å²) in [5, 5.41) is 4.06. The molecule has 10 rings (SSSR count). The van der Waals surface area contributed by atoms with Crippen molar-refractivity contribution >= 4 is 43.9 Å². The smallest absolute Gasteiger partial charge is 0.164 e. The molecule has 0 unspecified atom stereocenters. The molecule has 0 aliphatic carbocycles. The lowest BCUT2D eigenvalue weighted by atomic mass is 10.0. The van der Waals surface area contributed by atoms with E-state index in [0.29, 0.717) is 17.5 Å². The average Bonchev–Trinajstić information content (AvgIpc) is 3.74. The second kappa shape index (κ2) is 11.4. The van der Waals surface area contributed by atoms with E-state index in [1.807, 2.05) is 42.5 Å². The molecular weight excluding hydrogens is 615 g/mol. The summed E-state index contributed by atoms with van der Waals surface area (Å²) in [5.41, 5.74) is 10.5. The Bertz CT molecular complexity index is 2770. The lowest BCUT2D eigenvalue weighted by Crippen LogP contribution is -2.00. The van der Waals surface area contributed by atoms with E-state index in [0.717, 1.165) is 82.8 Å². The summed E-state index contributed by atoms with van der Waals surface area (Å²) in [5.74, 6) is 1.80. The van der Waals surface area contributed by atoms with Gasteiger partial charge in [-0.3, -0.25) is 0 Å². The first-order valence-corrected chi connectivity index (χ1v) is 16.6. The van der Waals surface area contributed by atoms with Crippen LogP contribution in [0.4, 0.5) is 0 Å². The summed E-state index contributed by atoms with van der Waals surface area (Å²) in [6.45, 7) is 0. The molecule has 10 aromatic rings. The van der Waals surface area contributed by atoms with E-state index in [4.69, 9.17) is 23.8 Å². The number of rotatable bonds is 5. The standard InChI is InChI=1S/C45H27N3O2/c1-3-11-28(12-4-1)30-15-9-17-32(23-30)43-46-44(33-18-10-16-31(24-33)29-13-5-2-6-14-29)48-45(47-43)34-21-22-40-36(25-34)38-27-41-37(26-42(38)50-40)35-19-7-8-20-39(35)49-41/h1-27H. The fourth-order valence-electron chi connectivity index (χ4n) is 6.83. The van der Waals surface area contributed by atoms with E-state index < -0.39 is 0 Å². The van der Waals surface area contributed by atoms with Crippen molar-refractivity contribution in [3.63, 3.8) is 0 Å². The van der Waals surface area contributed by atoms with Crippen LogP contribution in [0, 0.1) is 0 Å². The zero-order valence-electron chi connectivity index (χ0n) is 26.7.